The summed E-state index contributed by atoms with van der Waals surface area (Å²) in [5.74, 6) is -1.48. The number of aliphatic hydroxyl groups is 4. The van der Waals surface area contributed by atoms with E-state index < -0.39 is 96.8 Å². The highest BCUT2D eigenvalue weighted by molar-refractivity contribution is 7.80. The smallest absolute Gasteiger partial charge is 0.303 e. The van der Waals surface area contributed by atoms with E-state index in [2.05, 4.69) is 9.50 Å². The minimum Gasteiger partial charge on any atom is -0.726 e. The number of aliphatic hydroxyl groups excluding tert-OH is 4. The van der Waals surface area contributed by atoms with Gasteiger partial charge < -0.3 is 54.0 Å². The van der Waals surface area contributed by atoms with Crippen molar-refractivity contribution in [3.63, 3.8) is 0 Å². The van der Waals surface area contributed by atoms with Crippen LogP contribution in [0.25, 0.3) is 0 Å². The van der Waals surface area contributed by atoms with Gasteiger partial charge in [-0.3, -0.25) is 13.8 Å². The monoisotopic (exact) mass is 546 g/mol. The first-order valence-electron chi connectivity index (χ1n) is 11.1. The van der Waals surface area contributed by atoms with Crippen LogP contribution in [-0.2, 0) is 47.9 Å². The molecular weight excluding hydrogens is 514 g/mol. The highest BCUT2D eigenvalue weighted by Crippen LogP contribution is 2.31. The van der Waals surface area contributed by atoms with E-state index in [4.69, 9.17) is 23.7 Å². The van der Waals surface area contributed by atoms with Gasteiger partial charge in [-0.25, -0.2) is 8.42 Å². The number of esters is 1. The number of ether oxygens (including phenoxy) is 5. The molecule has 17 heteroatoms. The summed E-state index contributed by atoms with van der Waals surface area (Å²) in [5.41, 5.74) is 0. The average molecular weight is 547 g/mol. The second kappa shape index (κ2) is 13.3. The van der Waals surface area contributed by atoms with Crippen LogP contribution in [0.4, 0.5) is 0 Å². The molecule has 2 aliphatic rings. The fraction of sp³-hybridized carbons (Fsp3) is 0.895. The third-order valence-corrected chi connectivity index (χ3v) is 5.75. The van der Waals surface area contributed by atoms with Gasteiger partial charge in [0, 0.05) is 20.5 Å². The Balaban J connectivity index is 2.40. The Morgan fingerprint density at radius 3 is 2.17 bits per heavy atom. The number of carbonyl (C=O) groups is 2. The zero-order chi connectivity index (χ0) is 27.2. The van der Waals surface area contributed by atoms with E-state index in [1.54, 1.807) is 6.92 Å². The standard InChI is InChI=1S/C19H33NO15S/c1-4-5-30-19-17(32-9(3)23)15(26)16(11(34-19)7-31-36(27,28)29)35-18-12(20-8(2)22)14(25)13(24)10(6-21)33-18/h10-19,21,24-26H,4-7H2,1-3H3,(H,20,22)(H,27,28,29)/p-1/t10-,11-,12-,13-,14-,15+,16-,17-,18+,19-/m1/s1. The van der Waals surface area contributed by atoms with E-state index in [0.29, 0.717) is 6.42 Å². The summed E-state index contributed by atoms with van der Waals surface area (Å²) in [4.78, 5) is 23.3. The zero-order valence-electron chi connectivity index (χ0n) is 19.8. The number of hydrogen-bond donors (Lipinski definition) is 5. The third kappa shape index (κ3) is 8.25. The Morgan fingerprint density at radius 1 is 1.00 bits per heavy atom. The maximum absolute atomic E-state index is 11.7. The predicted octanol–water partition coefficient (Wildman–Crippen LogP) is -3.76. The molecule has 0 saturated carbocycles. The summed E-state index contributed by atoms with van der Waals surface area (Å²) in [6.07, 6.45) is -13.7. The number of nitrogens with one attached hydrogen (secondary N) is 1. The van der Waals surface area contributed by atoms with Gasteiger partial charge in [0.25, 0.3) is 0 Å². The van der Waals surface area contributed by atoms with Gasteiger partial charge in [0.05, 0.1) is 13.2 Å². The lowest BCUT2D eigenvalue weighted by Gasteiger charge is -2.47. The summed E-state index contributed by atoms with van der Waals surface area (Å²) in [5, 5.41) is 43.5. The van der Waals surface area contributed by atoms with Gasteiger partial charge in [-0.15, -0.1) is 0 Å². The van der Waals surface area contributed by atoms with Gasteiger partial charge >= 0.3 is 5.97 Å². The molecule has 0 aromatic carbocycles. The lowest BCUT2D eigenvalue weighted by molar-refractivity contribution is -0.347. The second-order valence-electron chi connectivity index (χ2n) is 8.20. The molecule has 2 fully saturated rings. The van der Waals surface area contributed by atoms with Crippen molar-refractivity contribution in [3.8, 4) is 0 Å². The summed E-state index contributed by atoms with van der Waals surface area (Å²) in [6, 6.07) is -1.43. The summed E-state index contributed by atoms with van der Waals surface area (Å²) >= 11 is 0. The summed E-state index contributed by atoms with van der Waals surface area (Å²) in [7, 11) is -5.21. The first-order chi connectivity index (χ1) is 16.8. The molecule has 16 nitrogen and oxygen atoms in total. The van der Waals surface area contributed by atoms with E-state index in [9.17, 15) is 43.0 Å². The van der Waals surface area contributed by atoms with Crippen LogP contribution in [0.15, 0.2) is 0 Å². The normalized spacial score (nSPS) is 37.3. The maximum atomic E-state index is 11.7. The number of carbonyl (C=O) groups excluding carboxylic acids is 2. The number of rotatable bonds is 11. The molecule has 5 N–H and O–H groups in total. The molecule has 0 aromatic rings. The summed E-state index contributed by atoms with van der Waals surface area (Å²) < 4.78 is 64.8. The van der Waals surface area contributed by atoms with Crippen molar-refractivity contribution in [3.05, 3.63) is 0 Å². The van der Waals surface area contributed by atoms with Crippen LogP contribution in [0.1, 0.15) is 27.2 Å². The molecule has 0 spiro atoms. The number of amides is 1. The Bertz CT molecular complexity index is 841. The van der Waals surface area contributed by atoms with Crippen LogP contribution in [0.2, 0.25) is 0 Å². The van der Waals surface area contributed by atoms with E-state index in [-0.39, 0.29) is 6.61 Å². The van der Waals surface area contributed by atoms with Crippen LogP contribution < -0.4 is 5.32 Å². The van der Waals surface area contributed by atoms with Gasteiger partial charge in [-0.1, -0.05) is 6.92 Å². The Labute approximate surface area is 207 Å². The minimum absolute atomic E-state index is 0.0900. The highest BCUT2D eigenvalue weighted by Gasteiger charge is 2.53. The van der Waals surface area contributed by atoms with Gasteiger partial charge in [-0.05, 0) is 6.42 Å². The predicted molar refractivity (Wildman–Crippen MR) is 112 cm³/mol. The average Bonchev–Trinajstić information content (AvgIpc) is 2.78. The molecule has 0 bridgehead atoms. The molecule has 210 valence electrons. The van der Waals surface area contributed by atoms with Crippen molar-refractivity contribution < 1.29 is 70.9 Å². The molecule has 2 aliphatic heterocycles. The Kier molecular flexibility index (Phi) is 11.4. The van der Waals surface area contributed by atoms with Crippen LogP contribution in [0.3, 0.4) is 0 Å². The van der Waals surface area contributed by atoms with Crippen LogP contribution in [-0.4, -0.2) is 126 Å². The van der Waals surface area contributed by atoms with Crippen molar-refractivity contribution in [2.75, 3.05) is 19.8 Å². The first-order valence-corrected chi connectivity index (χ1v) is 12.4. The molecule has 0 radical (unpaired) electrons. The van der Waals surface area contributed by atoms with Crippen LogP contribution in [0.5, 0.6) is 0 Å². The van der Waals surface area contributed by atoms with Crippen molar-refractivity contribution in [1.82, 2.24) is 5.32 Å². The van der Waals surface area contributed by atoms with Crippen molar-refractivity contribution >= 4 is 22.3 Å². The van der Waals surface area contributed by atoms with Gasteiger partial charge in [0.1, 0.15) is 42.7 Å². The molecular formula is C19H32NO15S-. The molecule has 2 saturated heterocycles. The lowest BCUT2D eigenvalue weighted by Crippen LogP contribution is -2.68. The van der Waals surface area contributed by atoms with E-state index in [1.807, 2.05) is 0 Å². The quantitative estimate of drug-likeness (QED) is 0.0949. The summed E-state index contributed by atoms with van der Waals surface area (Å²) in [6.45, 7) is 2.29. The van der Waals surface area contributed by atoms with Crippen molar-refractivity contribution in [1.29, 1.82) is 0 Å². The van der Waals surface area contributed by atoms with Crippen molar-refractivity contribution in [2.45, 2.75) is 88.5 Å². The largest absolute Gasteiger partial charge is 0.726 e. The minimum atomic E-state index is -5.21. The maximum Gasteiger partial charge on any atom is 0.303 e. The van der Waals surface area contributed by atoms with E-state index in [1.165, 1.54) is 0 Å². The molecule has 0 aliphatic carbocycles. The van der Waals surface area contributed by atoms with Crippen molar-refractivity contribution in [2.24, 2.45) is 0 Å². The number of hydrogen-bond acceptors (Lipinski definition) is 15. The first kappa shape index (κ1) is 30.7. The topological polar surface area (TPSA) is 240 Å². The molecule has 1 amide bonds. The third-order valence-electron chi connectivity index (χ3n) is 5.32. The fourth-order valence-electron chi connectivity index (χ4n) is 3.77. The van der Waals surface area contributed by atoms with E-state index in [0.717, 1.165) is 13.8 Å². The Hall–Kier alpha value is -1.51. The van der Waals surface area contributed by atoms with Crippen LogP contribution in [0, 0.1) is 0 Å². The molecule has 36 heavy (non-hydrogen) atoms. The van der Waals surface area contributed by atoms with E-state index >= 15 is 0 Å². The molecule has 2 rings (SSSR count). The molecule has 0 unspecified atom stereocenters. The van der Waals surface area contributed by atoms with Gasteiger partial charge in [0.15, 0.2) is 18.7 Å². The Morgan fingerprint density at radius 2 is 1.64 bits per heavy atom. The van der Waals surface area contributed by atoms with Gasteiger partial charge in [-0.2, -0.15) is 0 Å². The van der Waals surface area contributed by atoms with Crippen LogP contribution >= 0.6 is 0 Å². The molecule has 0 aromatic heterocycles. The SMILES string of the molecule is CCCO[C@@H]1O[C@H](COS(=O)(=O)[O-])[C@@H](O[C@@H]2O[C@H](CO)[C@@H](O)[C@H](O)[C@H]2NC(C)=O)[C@H](O)[C@H]1OC(C)=O. The zero-order valence-corrected chi connectivity index (χ0v) is 20.6. The molecule has 2 heterocycles. The second-order valence-corrected chi connectivity index (χ2v) is 9.26. The fourth-order valence-corrected chi connectivity index (χ4v) is 4.07. The molecule has 10 atom stereocenters. The highest BCUT2D eigenvalue weighted by atomic mass is 32.3. The lowest BCUT2D eigenvalue weighted by atomic mass is 9.95. The van der Waals surface area contributed by atoms with Gasteiger partial charge in [0.2, 0.25) is 16.3 Å².